The summed E-state index contributed by atoms with van der Waals surface area (Å²) in [5.74, 6) is 0.283. The highest BCUT2D eigenvalue weighted by molar-refractivity contribution is 7.90. The van der Waals surface area contributed by atoms with E-state index in [9.17, 15) is 13.2 Å². The summed E-state index contributed by atoms with van der Waals surface area (Å²) in [6.07, 6.45) is 1.56. The molecule has 0 aliphatic heterocycles. The minimum Gasteiger partial charge on any atom is -0.484 e. The summed E-state index contributed by atoms with van der Waals surface area (Å²) in [6, 6.07) is 6.77. The summed E-state index contributed by atoms with van der Waals surface area (Å²) in [7, 11) is -2.98. The van der Waals surface area contributed by atoms with Crippen molar-refractivity contribution in [1.29, 1.82) is 0 Å². The summed E-state index contributed by atoms with van der Waals surface area (Å²) in [6.45, 7) is 0.189. The van der Waals surface area contributed by atoms with E-state index < -0.39 is 9.84 Å². The fourth-order valence-electron chi connectivity index (χ4n) is 1.37. The molecule has 0 saturated carbocycles. The van der Waals surface area contributed by atoms with Crippen molar-refractivity contribution in [2.45, 2.75) is 6.42 Å². The number of ether oxygens (including phenoxy) is 1. The number of benzene rings is 1. The molecule has 3 N–H and O–H groups in total. The summed E-state index contributed by atoms with van der Waals surface area (Å²) >= 11 is 0. The smallest absolute Gasteiger partial charge is 0.257 e. The molecule has 0 bridgehead atoms. The molecule has 1 amide bonds. The maximum absolute atomic E-state index is 11.4. The maximum atomic E-state index is 11.4. The zero-order valence-corrected chi connectivity index (χ0v) is 11.6. The third-order valence-corrected chi connectivity index (χ3v) is 3.27. The number of nitrogens with one attached hydrogen (secondary N) is 1. The van der Waals surface area contributed by atoms with Crippen molar-refractivity contribution in [2.24, 2.45) is 0 Å². The lowest BCUT2D eigenvalue weighted by atomic mass is 10.3. The fraction of sp³-hybridized carbons (Fsp3) is 0.417. The normalized spacial score (nSPS) is 11.0. The number of nitrogen functional groups attached to an aromatic ring is 1. The van der Waals surface area contributed by atoms with Crippen molar-refractivity contribution in [1.82, 2.24) is 5.32 Å². The molecule has 19 heavy (non-hydrogen) atoms. The molecule has 0 heterocycles. The van der Waals surface area contributed by atoms with E-state index in [2.05, 4.69) is 5.32 Å². The number of nitrogens with two attached hydrogens (primary N) is 1. The zero-order chi connectivity index (χ0) is 14.3. The van der Waals surface area contributed by atoms with E-state index in [0.717, 1.165) is 6.26 Å². The first kappa shape index (κ1) is 15.3. The van der Waals surface area contributed by atoms with Gasteiger partial charge in [0.1, 0.15) is 15.6 Å². The lowest BCUT2D eigenvalue weighted by Gasteiger charge is -2.07. The first-order valence-corrected chi connectivity index (χ1v) is 7.85. The largest absolute Gasteiger partial charge is 0.484 e. The van der Waals surface area contributed by atoms with Gasteiger partial charge in [0.25, 0.3) is 5.91 Å². The molecule has 0 fully saturated rings. The molecule has 0 radical (unpaired) electrons. The molecule has 0 atom stereocenters. The second kappa shape index (κ2) is 6.98. The first-order chi connectivity index (χ1) is 8.87. The number of hydrogen-bond donors (Lipinski definition) is 2. The Morgan fingerprint density at radius 2 is 2.16 bits per heavy atom. The van der Waals surface area contributed by atoms with Crippen LogP contribution in [0, 0.1) is 0 Å². The molecular weight excluding hydrogens is 268 g/mol. The number of anilines is 1. The summed E-state index contributed by atoms with van der Waals surface area (Å²) < 4.78 is 27.0. The van der Waals surface area contributed by atoms with Crippen molar-refractivity contribution < 1.29 is 17.9 Å². The van der Waals surface area contributed by atoms with Gasteiger partial charge < -0.3 is 15.8 Å². The highest BCUT2D eigenvalue weighted by Crippen LogP contribution is 2.13. The van der Waals surface area contributed by atoms with Crippen molar-refractivity contribution >= 4 is 21.4 Å². The van der Waals surface area contributed by atoms with Crippen molar-refractivity contribution in [3.8, 4) is 5.75 Å². The third-order valence-electron chi connectivity index (χ3n) is 2.24. The van der Waals surface area contributed by atoms with Crippen LogP contribution < -0.4 is 15.8 Å². The number of carbonyl (C=O) groups excluding carboxylic acids is 1. The molecule has 0 unspecified atom stereocenters. The van der Waals surface area contributed by atoms with Gasteiger partial charge in [-0.1, -0.05) is 6.07 Å². The molecule has 0 aliphatic carbocycles. The minimum atomic E-state index is -2.98. The van der Waals surface area contributed by atoms with Crippen LogP contribution in [0.15, 0.2) is 24.3 Å². The third kappa shape index (κ3) is 7.30. The van der Waals surface area contributed by atoms with E-state index in [1.807, 2.05) is 0 Å². The molecule has 106 valence electrons. The standard InChI is InChI=1S/C12H18N2O4S/c1-19(16,17)7-3-6-14-12(15)9-18-11-5-2-4-10(13)8-11/h2,4-5,8H,3,6-7,9,13H2,1H3,(H,14,15). The molecular formula is C12H18N2O4S. The second-order valence-electron chi connectivity index (χ2n) is 4.19. The maximum Gasteiger partial charge on any atom is 0.257 e. The zero-order valence-electron chi connectivity index (χ0n) is 10.8. The van der Waals surface area contributed by atoms with E-state index >= 15 is 0 Å². The molecule has 0 aliphatic rings. The van der Waals surface area contributed by atoms with Crippen LogP contribution in [0.2, 0.25) is 0 Å². The summed E-state index contributed by atoms with van der Waals surface area (Å²) in [5.41, 5.74) is 6.13. The monoisotopic (exact) mass is 286 g/mol. The van der Waals surface area contributed by atoms with Crippen molar-refractivity contribution in [3.63, 3.8) is 0 Å². The molecule has 7 heteroatoms. The van der Waals surface area contributed by atoms with Gasteiger partial charge in [-0.2, -0.15) is 0 Å². The topological polar surface area (TPSA) is 98.5 Å². The van der Waals surface area contributed by atoms with Crippen molar-refractivity contribution in [3.05, 3.63) is 24.3 Å². The van der Waals surface area contributed by atoms with Gasteiger partial charge in [-0.3, -0.25) is 4.79 Å². The average Bonchev–Trinajstić information content (AvgIpc) is 2.31. The fourth-order valence-corrected chi connectivity index (χ4v) is 2.04. The van der Waals surface area contributed by atoms with Crippen LogP contribution in [0.1, 0.15) is 6.42 Å². The lowest BCUT2D eigenvalue weighted by Crippen LogP contribution is -2.30. The summed E-state index contributed by atoms with van der Waals surface area (Å²) in [4.78, 5) is 11.4. The Labute approximate surface area is 112 Å². The Balaban J connectivity index is 2.21. The lowest BCUT2D eigenvalue weighted by molar-refractivity contribution is -0.123. The highest BCUT2D eigenvalue weighted by atomic mass is 32.2. The highest BCUT2D eigenvalue weighted by Gasteiger charge is 2.04. The molecule has 0 spiro atoms. The van der Waals surface area contributed by atoms with Gasteiger partial charge in [0.2, 0.25) is 0 Å². The molecule has 1 aromatic rings. The Morgan fingerprint density at radius 1 is 1.42 bits per heavy atom. The quantitative estimate of drug-likeness (QED) is 0.551. The van der Waals surface area contributed by atoms with Gasteiger partial charge in [-0.15, -0.1) is 0 Å². The van der Waals surface area contributed by atoms with E-state index in [1.54, 1.807) is 24.3 Å². The van der Waals surface area contributed by atoms with E-state index in [-0.39, 0.29) is 18.3 Å². The Hall–Kier alpha value is -1.76. The molecule has 1 rings (SSSR count). The average molecular weight is 286 g/mol. The van der Waals surface area contributed by atoms with Crippen LogP contribution in [0.4, 0.5) is 5.69 Å². The first-order valence-electron chi connectivity index (χ1n) is 5.79. The van der Waals surface area contributed by atoms with Gasteiger partial charge in [0, 0.05) is 24.6 Å². The van der Waals surface area contributed by atoms with Crippen LogP contribution in [0.25, 0.3) is 0 Å². The predicted molar refractivity (Wildman–Crippen MR) is 73.7 cm³/mol. The predicted octanol–water partition coefficient (Wildman–Crippen LogP) is 0.199. The van der Waals surface area contributed by atoms with Crippen LogP contribution in [-0.4, -0.2) is 39.5 Å². The number of amides is 1. The molecule has 0 saturated heterocycles. The van der Waals surface area contributed by atoms with E-state index in [1.165, 1.54) is 0 Å². The van der Waals surface area contributed by atoms with Gasteiger partial charge >= 0.3 is 0 Å². The van der Waals surface area contributed by atoms with Crippen molar-refractivity contribution in [2.75, 3.05) is 30.9 Å². The minimum absolute atomic E-state index is 0.0589. The van der Waals surface area contributed by atoms with Gasteiger partial charge in [0.15, 0.2) is 6.61 Å². The number of carbonyl (C=O) groups is 1. The summed E-state index contributed by atoms with van der Waals surface area (Å²) in [5, 5.41) is 2.58. The number of hydrogen-bond acceptors (Lipinski definition) is 5. The Bertz CT molecular complexity index is 528. The number of sulfone groups is 1. The molecule has 6 nitrogen and oxygen atoms in total. The van der Waals surface area contributed by atoms with Crippen LogP contribution in [-0.2, 0) is 14.6 Å². The Kier molecular flexibility index (Phi) is 5.62. The molecule has 1 aromatic carbocycles. The number of rotatable bonds is 7. The Morgan fingerprint density at radius 3 is 2.79 bits per heavy atom. The second-order valence-corrected chi connectivity index (χ2v) is 6.45. The van der Waals surface area contributed by atoms with E-state index in [0.29, 0.717) is 24.4 Å². The molecule has 0 aromatic heterocycles. The van der Waals surface area contributed by atoms with Crippen LogP contribution in [0.5, 0.6) is 5.75 Å². The SMILES string of the molecule is CS(=O)(=O)CCCNC(=O)COc1cccc(N)c1. The van der Waals surface area contributed by atoms with Crippen LogP contribution in [0.3, 0.4) is 0 Å². The van der Waals surface area contributed by atoms with Crippen LogP contribution >= 0.6 is 0 Å². The van der Waals surface area contributed by atoms with E-state index in [4.69, 9.17) is 10.5 Å². The van der Waals surface area contributed by atoms with Gasteiger partial charge in [0.05, 0.1) is 5.75 Å². The van der Waals surface area contributed by atoms with Gasteiger partial charge in [-0.25, -0.2) is 8.42 Å². The van der Waals surface area contributed by atoms with Gasteiger partial charge in [-0.05, 0) is 18.6 Å².